The van der Waals surface area contributed by atoms with Gasteiger partial charge in [-0.2, -0.15) is 5.10 Å². The number of carbonyl (C=O) groups excluding carboxylic acids is 1. The van der Waals surface area contributed by atoms with Gasteiger partial charge in [0.1, 0.15) is 11.0 Å². The van der Waals surface area contributed by atoms with Crippen molar-refractivity contribution in [2.45, 2.75) is 13.0 Å². The summed E-state index contributed by atoms with van der Waals surface area (Å²) in [6.45, 7) is 1.96. The summed E-state index contributed by atoms with van der Waals surface area (Å²) >= 11 is 6.33. The third-order valence-corrected chi connectivity index (χ3v) is 4.27. The highest BCUT2D eigenvalue weighted by Crippen LogP contribution is 2.25. The number of halogens is 2. The van der Waals surface area contributed by atoms with Crippen LogP contribution in [-0.2, 0) is 9.53 Å². The molecule has 3 rings (SSSR count). The molecular formula is C16H15ClFN3O4. The number of hydrogen-bond donors (Lipinski definition) is 1. The number of hydrogen-bond acceptors (Lipinski definition) is 4. The van der Waals surface area contributed by atoms with E-state index in [-0.39, 0.29) is 30.4 Å². The van der Waals surface area contributed by atoms with Crippen molar-refractivity contribution < 1.29 is 23.8 Å². The smallest absolute Gasteiger partial charge is 0.334 e. The Morgan fingerprint density at radius 1 is 1.36 bits per heavy atom. The van der Waals surface area contributed by atoms with Crippen LogP contribution in [0.2, 0.25) is 5.15 Å². The second kappa shape index (κ2) is 6.81. The van der Waals surface area contributed by atoms with Crippen molar-refractivity contribution in [1.82, 2.24) is 14.7 Å². The highest BCUT2D eigenvalue weighted by Gasteiger charge is 2.32. The van der Waals surface area contributed by atoms with Gasteiger partial charge in [-0.25, -0.2) is 13.9 Å². The highest BCUT2D eigenvalue weighted by molar-refractivity contribution is 6.33. The molecule has 2 aromatic rings. The first-order valence-electron chi connectivity index (χ1n) is 7.53. The lowest BCUT2D eigenvalue weighted by Crippen LogP contribution is -2.48. The van der Waals surface area contributed by atoms with Crippen LogP contribution in [0.25, 0.3) is 5.69 Å². The lowest BCUT2D eigenvalue weighted by atomic mass is 10.2. The highest BCUT2D eigenvalue weighted by atomic mass is 35.5. The molecule has 1 fully saturated rings. The molecule has 7 nitrogen and oxygen atoms in total. The molecule has 2 heterocycles. The summed E-state index contributed by atoms with van der Waals surface area (Å²) in [4.78, 5) is 25.2. The monoisotopic (exact) mass is 367 g/mol. The molecule has 0 bridgehead atoms. The Morgan fingerprint density at radius 2 is 2.04 bits per heavy atom. The second-order valence-corrected chi connectivity index (χ2v) is 5.95. The maximum atomic E-state index is 13.1. The van der Waals surface area contributed by atoms with Gasteiger partial charge in [0.15, 0.2) is 6.10 Å². The molecule has 1 N–H and O–H groups in total. The third kappa shape index (κ3) is 3.35. The maximum absolute atomic E-state index is 13.1. The molecule has 0 saturated carbocycles. The summed E-state index contributed by atoms with van der Waals surface area (Å²) in [6.07, 6.45) is -1.07. The summed E-state index contributed by atoms with van der Waals surface area (Å²) in [6, 6.07) is 5.53. The topological polar surface area (TPSA) is 84.7 Å². The van der Waals surface area contributed by atoms with Gasteiger partial charge in [0.25, 0.3) is 5.91 Å². The number of ether oxygens (including phenoxy) is 1. The molecule has 1 saturated heterocycles. The standard InChI is InChI=1S/C16H15ClFN3O4/c1-9-13(15(22)20-6-7-25-12(8-20)16(23)24)14(17)21(19-9)11-4-2-10(18)3-5-11/h2-5,12H,6-8H2,1H3,(H,23,24)/t12-/m1/s1. The van der Waals surface area contributed by atoms with Crippen LogP contribution in [0.15, 0.2) is 24.3 Å². The molecule has 1 atom stereocenters. The Hall–Kier alpha value is -2.45. The van der Waals surface area contributed by atoms with Crippen molar-refractivity contribution in [1.29, 1.82) is 0 Å². The number of aryl methyl sites for hydroxylation is 1. The van der Waals surface area contributed by atoms with Crippen molar-refractivity contribution in [2.75, 3.05) is 19.7 Å². The van der Waals surface area contributed by atoms with Crippen molar-refractivity contribution in [3.8, 4) is 5.69 Å². The number of amides is 1. The number of rotatable bonds is 3. The van der Waals surface area contributed by atoms with E-state index in [1.165, 1.54) is 33.8 Å². The molecule has 25 heavy (non-hydrogen) atoms. The van der Waals surface area contributed by atoms with Crippen LogP contribution >= 0.6 is 11.6 Å². The van der Waals surface area contributed by atoms with Crippen LogP contribution in [0.3, 0.4) is 0 Å². The van der Waals surface area contributed by atoms with E-state index in [0.29, 0.717) is 11.4 Å². The Kier molecular flexibility index (Phi) is 4.73. The average Bonchev–Trinajstić information content (AvgIpc) is 2.89. The normalized spacial score (nSPS) is 17.6. The number of aromatic nitrogens is 2. The Labute approximate surface area is 147 Å². The summed E-state index contributed by atoms with van der Waals surface area (Å²) < 4.78 is 19.5. The maximum Gasteiger partial charge on any atom is 0.334 e. The first kappa shape index (κ1) is 17.4. The van der Waals surface area contributed by atoms with Crippen LogP contribution in [0.1, 0.15) is 16.1 Å². The predicted octanol–water partition coefficient (Wildman–Crippen LogP) is 1.90. The van der Waals surface area contributed by atoms with E-state index >= 15 is 0 Å². The Morgan fingerprint density at radius 3 is 2.68 bits per heavy atom. The van der Waals surface area contributed by atoms with E-state index < -0.39 is 23.8 Å². The summed E-state index contributed by atoms with van der Waals surface area (Å²) in [5.41, 5.74) is 1.11. The number of morpholine rings is 1. The van der Waals surface area contributed by atoms with Gasteiger partial charge < -0.3 is 14.7 Å². The van der Waals surface area contributed by atoms with Gasteiger partial charge >= 0.3 is 5.97 Å². The fourth-order valence-electron chi connectivity index (χ4n) is 2.64. The van der Waals surface area contributed by atoms with Gasteiger partial charge in [0, 0.05) is 6.54 Å². The van der Waals surface area contributed by atoms with Gasteiger partial charge in [-0.15, -0.1) is 0 Å². The Bertz CT molecular complexity index is 822. The zero-order chi connectivity index (χ0) is 18.1. The Balaban J connectivity index is 1.91. The molecule has 1 aliphatic rings. The van der Waals surface area contributed by atoms with Crippen LogP contribution in [-0.4, -0.2) is 57.5 Å². The molecule has 132 valence electrons. The van der Waals surface area contributed by atoms with Crippen LogP contribution in [0.5, 0.6) is 0 Å². The zero-order valence-electron chi connectivity index (χ0n) is 13.3. The van der Waals surface area contributed by atoms with Crippen molar-refractivity contribution in [3.63, 3.8) is 0 Å². The minimum atomic E-state index is -1.12. The van der Waals surface area contributed by atoms with Gasteiger partial charge in [-0.05, 0) is 31.2 Å². The van der Waals surface area contributed by atoms with E-state index in [1.807, 2.05) is 0 Å². The van der Waals surface area contributed by atoms with E-state index in [4.69, 9.17) is 21.4 Å². The van der Waals surface area contributed by atoms with Gasteiger partial charge in [-0.3, -0.25) is 4.79 Å². The van der Waals surface area contributed by atoms with Crippen LogP contribution < -0.4 is 0 Å². The number of nitrogens with zero attached hydrogens (tertiary/aromatic N) is 3. The number of carboxylic acid groups (broad SMARTS) is 1. The SMILES string of the molecule is Cc1nn(-c2ccc(F)cc2)c(Cl)c1C(=O)N1CCO[C@@H](C(=O)O)C1. The summed E-state index contributed by atoms with van der Waals surface area (Å²) in [5.74, 6) is -1.93. The molecule has 1 aliphatic heterocycles. The van der Waals surface area contributed by atoms with E-state index in [1.54, 1.807) is 6.92 Å². The van der Waals surface area contributed by atoms with Gasteiger partial charge in [0.05, 0.1) is 30.1 Å². The minimum Gasteiger partial charge on any atom is -0.479 e. The quantitative estimate of drug-likeness (QED) is 0.895. The summed E-state index contributed by atoms with van der Waals surface area (Å²) in [5, 5.41) is 13.4. The molecule has 9 heteroatoms. The first-order valence-corrected chi connectivity index (χ1v) is 7.91. The first-order chi connectivity index (χ1) is 11.9. The molecule has 0 unspecified atom stereocenters. The van der Waals surface area contributed by atoms with Gasteiger partial charge in [-0.1, -0.05) is 11.6 Å². The average molecular weight is 368 g/mol. The summed E-state index contributed by atoms with van der Waals surface area (Å²) in [7, 11) is 0. The molecule has 0 spiro atoms. The molecule has 1 aromatic carbocycles. The van der Waals surface area contributed by atoms with E-state index in [9.17, 15) is 14.0 Å². The molecule has 0 radical (unpaired) electrons. The third-order valence-electron chi connectivity index (χ3n) is 3.92. The molecular weight excluding hydrogens is 353 g/mol. The predicted molar refractivity (Wildman–Crippen MR) is 86.5 cm³/mol. The molecule has 1 amide bonds. The molecule has 1 aromatic heterocycles. The van der Waals surface area contributed by atoms with E-state index in [2.05, 4.69) is 5.10 Å². The van der Waals surface area contributed by atoms with Crippen molar-refractivity contribution >= 4 is 23.5 Å². The molecule has 0 aliphatic carbocycles. The minimum absolute atomic E-state index is 0.0638. The zero-order valence-corrected chi connectivity index (χ0v) is 14.0. The number of carboxylic acids is 1. The van der Waals surface area contributed by atoms with Crippen molar-refractivity contribution in [3.05, 3.63) is 46.5 Å². The van der Waals surface area contributed by atoms with E-state index in [0.717, 1.165) is 0 Å². The number of benzene rings is 1. The fraction of sp³-hybridized carbons (Fsp3) is 0.312. The number of aliphatic carboxylic acids is 1. The van der Waals surface area contributed by atoms with Crippen molar-refractivity contribution in [2.24, 2.45) is 0 Å². The number of carbonyl (C=O) groups is 2. The fourth-order valence-corrected chi connectivity index (χ4v) is 2.99. The van der Waals surface area contributed by atoms with Crippen LogP contribution in [0, 0.1) is 12.7 Å². The lowest BCUT2D eigenvalue weighted by molar-refractivity contribution is -0.154. The second-order valence-electron chi connectivity index (χ2n) is 5.59. The lowest BCUT2D eigenvalue weighted by Gasteiger charge is -2.30. The largest absolute Gasteiger partial charge is 0.479 e. The van der Waals surface area contributed by atoms with Gasteiger partial charge in [0.2, 0.25) is 0 Å². The van der Waals surface area contributed by atoms with Crippen LogP contribution in [0.4, 0.5) is 4.39 Å².